The number of ether oxygens (including phenoxy) is 2. The molecule has 0 aliphatic heterocycles. The van der Waals surface area contributed by atoms with Crippen molar-refractivity contribution < 1.29 is 29.0 Å². The van der Waals surface area contributed by atoms with Gasteiger partial charge < -0.3 is 14.6 Å². The van der Waals surface area contributed by atoms with E-state index in [4.69, 9.17) is 9.47 Å². The van der Waals surface area contributed by atoms with Gasteiger partial charge in [0.1, 0.15) is 18.6 Å². The number of allylic oxidation sites excluding steroid dienone is 8. The lowest BCUT2D eigenvalue weighted by Crippen LogP contribution is -2.36. The van der Waals surface area contributed by atoms with Crippen molar-refractivity contribution in [1.29, 1.82) is 0 Å². The second-order valence-corrected chi connectivity index (χ2v) is 16.9. The monoisotopic (exact) mass is 827 g/mol. The van der Waals surface area contributed by atoms with Gasteiger partial charge >= 0.3 is 17.9 Å². The number of hydrogen-bond donors (Lipinski definition) is 1. The summed E-state index contributed by atoms with van der Waals surface area (Å²) in [6.07, 6.45) is 55.9. The zero-order chi connectivity index (χ0) is 43.1. The predicted molar refractivity (Wildman–Crippen MR) is 252 cm³/mol. The van der Waals surface area contributed by atoms with Crippen LogP contribution in [-0.4, -0.2) is 35.7 Å². The molecule has 0 saturated heterocycles. The highest BCUT2D eigenvalue weighted by Gasteiger charge is 2.32. The van der Waals surface area contributed by atoms with Gasteiger partial charge in [0, 0.05) is 12.8 Å². The maximum absolute atomic E-state index is 13.0. The van der Waals surface area contributed by atoms with Crippen LogP contribution in [0, 0.1) is 5.92 Å². The van der Waals surface area contributed by atoms with E-state index in [0.29, 0.717) is 6.42 Å². The molecule has 0 aromatic carbocycles. The summed E-state index contributed by atoms with van der Waals surface area (Å²) in [6.45, 7) is 6.46. The lowest BCUT2D eigenvalue weighted by Gasteiger charge is -2.24. The van der Waals surface area contributed by atoms with Crippen LogP contribution in [0.2, 0.25) is 0 Å². The Hall–Kier alpha value is -2.63. The topological polar surface area (TPSA) is 89.9 Å². The van der Waals surface area contributed by atoms with E-state index in [1.807, 2.05) is 0 Å². The highest BCUT2D eigenvalue weighted by Crippen LogP contribution is 2.21. The van der Waals surface area contributed by atoms with Gasteiger partial charge in [-0.1, -0.05) is 198 Å². The molecule has 0 aromatic heterocycles. The molecular formula is C53H94O6. The summed E-state index contributed by atoms with van der Waals surface area (Å²) < 4.78 is 11.4. The van der Waals surface area contributed by atoms with Crippen molar-refractivity contribution in [1.82, 2.24) is 0 Å². The van der Waals surface area contributed by atoms with Crippen molar-refractivity contribution in [2.75, 3.05) is 6.61 Å². The Kier molecular flexibility index (Phi) is 44.4. The standard InChI is InChI=1S/C53H94O6/c1-4-7-10-13-16-19-22-24-26-28-31-34-37-40-43-46-51(54)58-48-49(53(56)57)50(45-42-39-36-33-30-21-18-15-12-9-6-3)59-52(55)47-44-41-38-35-32-29-27-25-23-20-17-14-11-8-5-2/h16-17,19-20,24-27,49-50H,4-15,18,21-23,28-48H2,1-3H3,(H,56,57)/b19-16-,20-17-,26-24-,27-25-. The van der Waals surface area contributed by atoms with Gasteiger partial charge in [0.15, 0.2) is 0 Å². The van der Waals surface area contributed by atoms with E-state index in [2.05, 4.69) is 69.4 Å². The van der Waals surface area contributed by atoms with Gasteiger partial charge in [0.25, 0.3) is 0 Å². The largest absolute Gasteiger partial charge is 0.481 e. The molecule has 2 unspecified atom stereocenters. The molecule has 342 valence electrons. The summed E-state index contributed by atoms with van der Waals surface area (Å²) in [5, 5.41) is 10.2. The van der Waals surface area contributed by atoms with E-state index >= 15 is 0 Å². The van der Waals surface area contributed by atoms with Gasteiger partial charge in [-0.3, -0.25) is 14.4 Å². The van der Waals surface area contributed by atoms with Gasteiger partial charge in [-0.05, 0) is 89.9 Å². The zero-order valence-electron chi connectivity index (χ0n) is 38.9. The van der Waals surface area contributed by atoms with Crippen molar-refractivity contribution in [3.8, 4) is 0 Å². The lowest BCUT2D eigenvalue weighted by molar-refractivity contribution is -0.164. The van der Waals surface area contributed by atoms with Crippen molar-refractivity contribution in [2.45, 2.75) is 258 Å². The third kappa shape index (κ3) is 41.9. The van der Waals surface area contributed by atoms with Crippen LogP contribution in [0.1, 0.15) is 252 Å². The van der Waals surface area contributed by atoms with Crippen molar-refractivity contribution in [2.24, 2.45) is 5.92 Å². The third-order valence-electron chi connectivity index (χ3n) is 11.2. The summed E-state index contributed by atoms with van der Waals surface area (Å²) in [7, 11) is 0. The van der Waals surface area contributed by atoms with Crippen LogP contribution in [0.3, 0.4) is 0 Å². The molecule has 0 radical (unpaired) electrons. The first kappa shape index (κ1) is 56.4. The quantitative estimate of drug-likeness (QED) is 0.0374. The van der Waals surface area contributed by atoms with E-state index in [-0.39, 0.29) is 31.4 Å². The zero-order valence-corrected chi connectivity index (χ0v) is 38.9. The fourth-order valence-electron chi connectivity index (χ4n) is 7.33. The molecular weight excluding hydrogens is 733 g/mol. The van der Waals surface area contributed by atoms with E-state index in [0.717, 1.165) is 109 Å². The normalized spacial score (nSPS) is 13.0. The fraction of sp³-hybridized carbons (Fsp3) is 0.792. The number of carboxylic acids is 1. The van der Waals surface area contributed by atoms with Crippen LogP contribution in [-0.2, 0) is 23.9 Å². The number of carboxylic acid groups (broad SMARTS) is 1. The summed E-state index contributed by atoms with van der Waals surface area (Å²) in [6, 6.07) is 0. The summed E-state index contributed by atoms with van der Waals surface area (Å²) in [5.41, 5.74) is 0. The van der Waals surface area contributed by atoms with Gasteiger partial charge in [-0.25, -0.2) is 0 Å². The highest BCUT2D eigenvalue weighted by molar-refractivity contribution is 5.74. The number of rotatable bonds is 45. The average molecular weight is 827 g/mol. The summed E-state index contributed by atoms with van der Waals surface area (Å²) >= 11 is 0. The van der Waals surface area contributed by atoms with Crippen LogP contribution in [0.5, 0.6) is 0 Å². The van der Waals surface area contributed by atoms with E-state index in [1.54, 1.807) is 0 Å². The third-order valence-corrected chi connectivity index (χ3v) is 11.2. The minimum atomic E-state index is -1.08. The minimum absolute atomic E-state index is 0.256. The first-order valence-electron chi connectivity index (χ1n) is 25.1. The molecule has 1 N–H and O–H groups in total. The lowest BCUT2D eigenvalue weighted by atomic mass is 9.96. The number of esters is 2. The first-order chi connectivity index (χ1) is 29.0. The number of unbranched alkanes of at least 4 members (excludes halogenated alkanes) is 26. The molecule has 0 rings (SSSR count). The second-order valence-electron chi connectivity index (χ2n) is 16.9. The Balaban J connectivity index is 4.61. The summed E-state index contributed by atoms with van der Waals surface area (Å²) in [4.78, 5) is 38.1. The van der Waals surface area contributed by atoms with Crippen LogP contribution < -0.4 is 0 Å². The smallest absolute Gasteiger partial charge is 0.313 e. The maximum Gasteiger partial charge on any atom is 0.313 e. The molecule has 0 heterocycles. The molecule has 0 spiro atoms. The molecule has 0 fully saturated rings. The SMILES string of the molecule is CCCCC/C=C\C/C=C\CCCCCCCC(=O)OCC(C(=O)O)C(CCCCCCCCCCCCC)OC(=O)CCCCCCC/C=C\C/C=C\CCCCC. The number of carbonyl (C=O) groups excluding carboxylic acids is 2. The Labute approximate surface area is 364 Å². The molecule has 0 aromatic rings. The number of hydrogen-bond acceptors (Lipinski definition) is 5. The fourth-order valence-corrected chi connectivity index (χ4v) is 7.33. The molecule has 2 atom stereocenters. The molecule has 0 saturated carbocycles. The number of carbonyl (C=O) groups is 3. The Bertz CT molecular complexity index is 1060. The molecule has 0 bridgehead atoms. The minimum Gasteiger partial charge on any atom is -0.481 e. The van der Waals surface area contributed by atoms with Crippen molar-refractivity contribution in [3.05, 3.63) is 48.6 Å². The van der Waals surface area contributed by atoms with Gasteiger partial charge in [0.2, 0.25) is 0 Å². The predicted octanol–water partition coefficient (Wildman–Crippen LogP) is 16.5. The molecule has 0 amide bonds. The van der Waals surface area contributed by atoms with Gasteiger partial charge in [-0.2, -0.15) is 0 Å². The maximum atomic E-state index is 13.0. The van der Waals surface area contributed by atoms with Crippen LogP contribution >= 0.6 is 0 Å². The summed E-state index contributed by atoms with van der Waals surface area (Å²) in [5.74, 6) is -2.84. The first-order valence-corrected chi connectivity index (χ1v) is 25.1. The van der Waals surface area contributed by atoms with Crippen molar-refractivity contribution in [3.63, 3.8) is 0 Å². The molecule has 0 aliphatic carbocycles. The van der Waals surface area contributed by atoms with Crippen LogP contribution in [0.4, 0.5) is 0 Å². The average Bonchev–Trinajstić information content (AvgIpc) is 3.22. The van der Waals surface area contributed by atoms with E-state index in [9.17, 15) is 19.5 Å². The molecule has 6 nitrogen and oxygen atoms in total. The molecule has 6 heteroatoms. The second kappa shape index (κ2) is 46.4. The van der Waals surface area contributed by atoms with Gasteiger partial charge in [-0.15, -0.1) is 0 Å². The molecule has 0 aliphatic rings. The Morgan fingerprint density at radius 3 is 1.19 bits per heavy atom. The van der Waals surface area contributed by atoms with E-state index < -0.39 is 18.0 Å². The highest BCUT2D eigenvalue weighted by atomic mass is 16.6. The molecule has 59 heavy (non-hydrogen) atoms. The Morgan fingerprint density at radius 2 is 0.763 bits per heavy atom. The van der Waals surface area contributed by atoms with Crippen LogP contribution in [0.25, 0.3) is 0 Å². The van der Waals surface area contributed by atoms with Gasteiger partial charge in [0.05, 0.1) is 0 Å². The van der Waals surface area contributed by atoms with E-state index in [1.165, 1.54) is 103 Å². The van der Waals surface area contributed by atoms with Crippen LogP contribution in [0.15, 0.2) is 48.6 Å². The number of aliphatic carboxylic acids is 1. The van der Waals surface area contributed by atoms with Crippen molar-refractivity contribution >= 4 is 17.9 Å². The Morgan fingerprint density at radius 1 is 0.424 bits per heavy atom.